The number of anilines is 1. The molecule has 7 nitrogen and oxygen atoms in total. The van der Waals surface area contributed by atoms with E-state index in [9.17, 15) is 13.2 Å². The zero-order valence-electron chi connectivity index (χ0n) is 22.8. The lowest BCUT2D eigenvalue weighted by Gasteiger charge is -2.20. The molecule has 0 radical (unpaired) electrons. The predicted molar refractivity (Wildman–Crippen MR) is 157 cm³/mol. The molecule has 0 heterocycles. The Bertz CT molecular complexity index is 1510. The van der Waals surface area contributed by atoms with Crippen LogP contribution in [0.2, 0.25) is 0 Å². The van der Waals surface area contributed by atoms with E-state index in [0.717, 1.165) is 16.7 Å². The highest BCUT2D eigenvalue weighted by atomic mass is 32.2. The number of carbonyl (C=O) groups is 1. The SMILES string of the molecule is COc1ccc(C(C)C)cc1S(=O)(=O)NC(Cc1ccccc1)C(=O)Nc1ccc(OCc2ccccc2)cc1. The molecule has 40 heavy (non-hydrogen) atoms. The Labute approximate surface area is 236 Å². The van der Waals surface area contributed by atoms with Gasteiger partial charge in [-0.2, -0.15) is 4.72 Å². The fourth-order valence-electron chi connectivity index (χ4n) is 4.16. The average Bonchev–Trinajstić information content (AvgIpc) is 2.97. The van der Waals surface area contributed by atoms with E-state index in [4.69, 9.17) is 9.47 Å². The van der Waals surface area contributed by atoms with Crippen molar-refractivity contribution >= 4 is 21.6 Å². The van der Waals surface area contributed by atoms with Gasteiger partial charge in [0.2, 0.25) is 15.9 Å². The third-order valence-electron chi connectivity index (χ3n) is 6.41. The summed E-state index contributed by atoms with van der Waals surface area (Å²) in [6, 6.07) is 30.1. The van der Waals surface area contributed by atoms with Crippen molar-refractivity contribution in [3.05, 3.63) is 120 Å². The van der Waals surface area contributed by atoms with Gasteiger partial charge < -0.3 is 14.8 Å². The summed E-state index contributed by atoms with van der Waals surface area (Å²) in [4.78, 5) is 13.4. The zero-order chi connectivity index (χ0) is 28.5. The van der Waals surface area contributed by atoms with E-state index < -0.39 is 22.0 Å². The number of hydrogen-bond acceptors (Lipinski definition) is 5. The Kier molecular flexibility index (Phi) is 9.58. The number of benzene rings is 4. The Morgan fingerprint density at radius 1 is 0.825 bits per heavy atom. The maximum Gasteiger partial charge on any atom is 0.245 e. The number of carbonyl (C=O) groups excluding carboxylic acids is 1. The number of hydrogen-bond donors (Lipinski definition) is 2. The van der Waals surface area contributed by atoms with E-state index in [1.807, 2.05) is 80.6 Å². The second-order valence-corrected chi connectivity index (χ2v) is 11.4. The standard InChI is InChI=1S/C32H34N2O5S/c1-23(2)26-14-19-30(38-3)31(21-26)40(36,37)34-29(20-24-10-6-4-7-11-24)32(35)33-27-15-17-28(18-16-27)39-22-25-12-8-5-9-13-25/h4-19,21,23,29,34H,20,22H2,1-3H3,(H,33,35). The van der Waals surface area contributed by atoms with Crippen LogP contribution in [0, 0.1) is 0 Å². The first-order valence-electron chi connectivity index (χ1n) is 13.1. The lowest BCUT2D eigenvalue weighted by Crippen LogP contribution is -2.45. The largest absolute Gasteiger partial charge is 0.495 e. The average molecular weight is 559 g/mol. The summed E-state index contributed by atoms with van der Waals surface area (Å²) in [7, 11) is -2.69. The van der Waals surface area contributed by atoms with Gasteiger partial charge in [-0.1, -0.05) is 80.6 Å². The predicted octanol–water partition coefficient (Wildman–Crippen LogP) is 5.93. The van der Waals surface area contributed by atoms with Gasteiger partial charge >= 0.3 is 0 Å². The number of methoxy groups -OCH3 is 1. The maximum absolute atomic E-state index is 13.6. The molecule has 1 atom stereocenters. The molecule has 1 amide bonds. The van der Waals surface area contributed by atoms with Crippen LogP contribution >= 0.6 is 0 Å². The molecule has 4 aromatic carbocycles. The molecule has 1 unspecified atom stereocenters. The molecule has 2 N–H and O–H groups in total. The highest BCUT2D eigenvalue weighted by molar-refractivity contribution is 7.89. The molecule has 4 rings (SSSR count). The van der Waals surface area contributed by atoms with Crippen molar-refractivity contribution in [2.75, 3.05) is 12.4 Å². The van der Waals surface area contributed by atoms with Gasteiger partial charge in [0.05, 0.1) is 7.11 Å². The zero-order valence-corrected chi connectivity index (χ0v) is 23.6. The van der Waals surface area contributed by atoms with Crippen LogP contribution < -0.4 is 19.5 Å². The third kappa shape index (κ3) is 7.71. The van der Waals surface area contributed by atoms with E-state index in [2.05, 4.69) is 10.0 Å². The van der Waals surface area contributed by atoms with Crippen molar-refractivity contribution in [1.82, 2.24) is 4.72 Å². The van der Waals surface area contributed by atoms with E-state index in [-0.39, 0.29) is 23.0 Å². The minimum absolute atomic E-state index is 0.00743. The van der Waals surface area contributed by atoms with Crippen LogP contribution in [0.3, 0.4) is 0 Å². The molecule has 0 fully saturated rings. The molecule has 0 aliphatic carbocycles. The molecule has 208 valence electrons. The van der Waals surface area contributed by atoms with Crippen LogP contribution in [0.5, 0.6) is 11.5 Å². The summed E-state index contributed by atoms with van der Waals surface area (Å²) in [6.45, 7) is 4.39. The summed E-state index contributed by atoms with van der Waals surface area (Å²) in [5.74, 6) is 0.495. The monoisotopic (exact) mass is 558 g/mol. The van der Waals surface area contributed by atoms with E-state index in [1.54, 1.807) is 36.4 Å². The van der Waals surface area contributed by atoms with Gasteiger partial charge in [-0.3, -0.25) is 4.79 Å². The molecule has 4 aromatic rings. The molecule has 0 aliphatic rings. The van der Waals surface area contributed by atoms with Gasteiger partial charge in [0, 0.05) is 5.69 Å². The minimum Gasteiger partial charge on any atom is -0.495 e. The van der Waals surface area contributed by atoms with Crippen molar-refractivity contribution in [1.29, 1.82) is 0 Å². The summed E-state index contributed by atoms with van der Waals surface area (Å²) in [5.41, 5.74) is 3.23. The van der Waals surface area contributed by atoms with Gasteiger partial charge in [0.1, 0.15) is 29.0 Å². The molecular formula is C32H34N2O5S. The first-order valence-corrected chi connectivity index (χ1v) is 14.6. The molecule has 0 saturated heterocycles. The van der Waals surface area contributed by atoms with Gasteiger partial charge in [-0.25, -0.2) is 8.42 Å². The minimum atomic E-state index is -4.11. The summed E-state index contributed by atoms with van der Waals surface area (Å²) < 4.78 is 41.0. The number of amides is 1. The lowest BCUT2D eigenvalue weighted by molar-refractivity contribution is -0.117. The Hall–Kier alpha value is -4.14. The van der Waals surface area contributed by atoms with Crippen LogP contribution in [-0.2, 0) is 27.8 Å². The van der Waals surface area contributed by atoms with Gasteiger partial charge in [0.25, 0.3) is 0 Å². The Morgan fingerprint density at radius 2 is 1.45 bits per heavy atom. The van der Waals surface area contributed by atoms with Gasteiger partial charge in [0.15, 0.2) is 0 Å². The number of nitrogens with one attached hydrogen (secondary N) is 2. The Morgan fingerprint density at radius 3 is 2.05 bits per heavy atom. The lowest BCUT2D eigenvalue weighted by atomic mass is 10.0. The molecule has 0 bridgehead atoms. The van der Waals surface area contributed by atoms with Crippen LogP contribution in [-0.4, -0.2) is 27.5 Å². The highest BCUT2D eigenvalue weighted by Crippen LogP contribution is 2.28. The fraction of sp³-hybridized carbons (Fsp3) is 0.219. The molecule has 8 heteroatoms. The second-order valence-electron chi connectivity index (χ2n) is 9.72. The maximum atomic E-state index is 13.6. The summed E-state index contributed by atoms with van der Waals surface area (Å²) in [5, 5.41) is 2.84. The number of rotatable bonds is 12. The molecule has 0 saturated carbocycles. The molecule has 0 spiro atoms. The van der Waals surface area contributed by atoms with Gasteiger partial charge in [-0.05, 0) is 65.4 Å². The highest BCUT2D eigenvalue weighted by Gasteiger charge is 2.29. The summed E-state index contributed by atoms with van der Waals surface area (Å²) >= 11 is 0. The molecular weight excluding hydrogens is 524 g/mol. The Balaban J connectivity index is 1.53. The second kappa shape index (κ2) is 13.3. The van der Waals surface area contributed by atoms with Crippen molar-refractivity contribution in [3.63, 3.8) is 0 Å². The smallest absolute Gasteiger partial charge is 0.245 e. The topological polar surface area (TPSA) is 93.7 Å². The van der Waals surface area contributed by atoms with Crippen LogP contribution in [0.25, 0.3) is 0 Å². The van der Waals surface area contributed by atoms with Crippen molar-refractivity contribution in [2.24, 2.45) is 0 Å². The first-order chi connectivity index (χ1) is 19.2. The van der Waals surface area contributed by atoms with Crippen LogP contribution in [0.1, 0.15) is 36.5 Å². The van der Waals surface area contributed by atoms with Crippen molar-refractivity contribution < 1.29 is 22.7 Å². The van der Waals surface area contributed by atoms with E-state index in [1.165, 1.54) is 7.11 Å². The summed E-state index contributed by atoms with van der Waals surface area (Å²) in [6.07, 6.45) is 0.163. The quantitative estimate of drug-likeness (QED) is 0.225. The van der Waals surface area contributed by atoms with E-state index >= 15 is 0 Å². The van der Waals surface area contributed by atoms with Crippen LogP contribution in [0.4, 0.5) is 5.69 Å². The van der Waals surface area contributed by atoms with Crippen molar-refractivity contribution in [3.8, 4) is 11.5 Å². The van der Waals surface area contributed by atoms with Crippen LogP contribution in [0.15, 0.2) is 108 Å². The first kappa shape index (κ1) is 28.9. The fourth-order valence-corrected chi connectivity index (χ4v) is 5.56. The number of sulfonamides is 1. The normalized spacial score (nSPS) is 12.1. The van der Waals surface area contributed by atoms with Crippen molar-refractivity contribution in [2.45, 2.75) is 43.7 Å². The molecule has 0 aromatic heterocycles. The van der Waals surface area contributed by atoms with Gasteiger partial charge in [-0.15, -0.1) is 0 Å². The third-order valence-corrected chi connectivity index (χ3v) is 7.90. The number of ether oxygens (including phenoxy) is 2. The van der Waals surface area contributed by atoms with E-state index in [0.29, 0.717) is 18.0 Å². The molecule has 0 aliphatic heterocycles.